The van der Waals surface area contributed by atoms with E-state index in [1.165, 1.54) is 31.7 Å². The Morgan fingerprint density at radius 3 is 2.64 bits per heavy atom. The quantitative estimate of drug-likeness (QED) is 0.853. The van der Waals surface area contributed by atoms with Crippen molar-refractivity contribution in [3.05, 3.63) is 35.9 Å². The monoisotopic (exact) mass is 318 g/mol. The van der Waals surface area contributed by atoms with E-state index in [1.54, 1.807) is 0 Å². The molecule has 0 radical (unpaired) electrons. The zero-order valence-electron chi connectivity index (χ0n) is 13.2. The van der Waals surface area contributed by atoms with Gasteiger partial charge in [0.15, 0.2) is 0 Å². The van der Waals surface area contributed by atoms with E-state index in [2.05, 4.69) is 21.9 Å². The standard InChI is InChI=1S/C18H26N2OS/c21-18(13-16-7-2-1-3-8-16)20-11-6-12-22-15-17(20)14-19-9-4-5-10-19/h1-3,7-8,17H,4-6,9-15H2. The van der Waals surface area contributed by atoms with Crippen LogP contribution in [0.4, 0.5) is 0 Å². The minimum absolute atomic E-state index is 0.304. The highest BCUT2D eigenvalue weighted by Crippen LogP contribution is 2.20. The van der Waals surface area contributed by atoms with Gasteiger partial charge in [-0.25, -0.2) is 0 Å². The van der Waals surface area contributed by atoms with Crippen LogP contribution in [-0.2, 0) is 11.2 Å². The molecule has 4 heteroatoms. The molecule has 1 aromatic carbocycles. The Kier molecular flexibility index (Phi) is 5.79. The minimum Gasteiger partial charge on any atom is -0.337 e. The number of hydrogen-bond donors (Lipinski definition) is 0. The average molecular weight is 318 g/mol. The van der Waals surface area contributed by atoms with Gasteiger partial charge in [0.1, 0.15) is 0 Å². The molecule has 0 saturated carbocycles. The summed E-state index contributed by atoms with van der Waals surface area (Å²) in [5.74, 6) is 2.58. The molecule has 2 fully saturated rings. The lowest BCUT2D eigenvalue weighted by Crippen LogP contribution is -2.48. The van der Waals surface area contributed by atoms with E-state index < -0.39 is 0 Å². The van der Waals surface area contributed by atoms with Crippen molar-refractivity contribution in [1.82, 2.24) is 9.80 Å². The number of hydrogen-bond acceptors (Lipinski definition) is 3. The van der Waals surface area contributed by atoms with Crippen LogP contribution in [0.15, 0.2) is 30.3 Å². The van der Waals surface area contributed by atoms with Gasteiger partial charge in [0.25, 0.3) is 0 Å². The molecular formula is C18H26N2OS. The van der Waals surface area contributed by atoms with E-state index in [-0.39, 0.29) is 0 Å². The topological polar surface area (TPSA) is 23.6 Å². The number of carbonyl (C=O) groups is 1. The van der Waals surface area contributed by atoms with E-state index in [9.17, 15) is 4.79 Å². The normalized spacial score (nSPS) is 23.5. The maximum atomic E-state index is 12.8. The summed E-state index contributed by atoms with van der Waals surface area (Å²) >= 11 is 2.01. The Labute approximate surface area is 138 Å². The molecule has 1 aromatic rings. The fourth-order valence-electron chi connectivity index (χ4n) is 3.44. The first-order valence-corrected chi connectivity index (χ1v) is 9.62. The molecule has 0 aromatic heterocycles. The largest absolute Gasteiger partial charge is 0.337 e. The molecule has 1 atom stereocenters. The Morgan fingerprint density at radius 2 is 1.86 bits per heavy atom. The highest BCUT2D eigenvalue weighted by molar-refractivity contribution is 7.99. The lowest BCUT2D eigenvalue weighted by atomic mass is 10.1. The van der Waals surface area contributed by atoms with Gasteiger partial charge in [0.05, 0.1) is 12.5 Å². The molecule has 0 N–H and O–H groups in total. The molecule has 2 aliphatic rings. The lowest BCUT2D eigenvalue weighted by molar-refractivity contribution is -0.132. The van der Waals surface area contributed by atoms with Crippen molar-refractivity contribution in [2.75, 3.05) is 37.7 Å². The van der Waals surface area contributed by atoms with Crippen LogP contribution in [0.3, 0.4) is 0 Å². The zero-order chi connectivity index (χ0) is 15.2. The van der Waals surface area contributed by atoms with Crippen molar-refractivity contribution in [3.63, 3.8) is 0 Å². The number of amides is 1. The third-order valence-electron chi connectivity index (χ3n) is 4.62. The van der Waals surface area contributed by atoms with E-state index in [0.29, 0.717) is 18.4 Å². The van der Waals surface area contributed by atoms with Crippen LogP contribution in [0.1, 0.15) is 24.8 Å². The van der Waals surface area contributed by atoms with Gasteiger partial charge in [-0.15, -0.1) is 0 Å². The van der Waals surface area contributed by atoms with Gasteiger partial charge in [-0.05, 0) is 43.7 Å². The summed E-state index contributed by atoms with van der Waals surface area (Å²) in [6, 6.07) is 10.5. The van der Waals surface area contributed by atoms with E-state index in [4.69, 9.17) is 0 Å². The fourth-order valence-corrected chi connectivity index (χ4v) is 4.50. The second-order valence-corrected chi connectivity index (χ2v) is 7.49. The summed E-state index contributed by atoms with van der Waals surface area (Å²) in [6.07, 6.45) is 4.30. The zero-order valence-corrected chi connectivity index (χ0v) is 14.1. The molecule has 1 unspecified atom stereocenters. The Balaban J connectivity index is 1.65. The molecule has 0 bridgehead atoms. The van der Waals surface area contributed by atoms with Crippen LogP contribution in [0.5, 0.6) is 0 Å². The summed E-state index contributed by atoms with van der Waals surface area (Å²) in [4.78, 5) is 17.5. The van der Waals surface area contributed by atoms with Crippen molar-refractivity contribution < 1.29 is 4.79 Å². The van der Waals surface area contributed by atoms with Crippen LogP contribution in [0.2, 0.25) is 0 Å². The van der Waals surface area contributed by atoms with Crippen LogP contribution in [0.25, 0.3) is 0 Å². The molecule has 1 amide bonds. The van der Waals surface area contributed by atoms with E-state index >= 15 is 0 Å². The summed E-state index contributed by atoms with van der Waals surface area (Å²) in [7, 11) is 0. The minimum atomic E-state index is 0.304. The van der Waals surface area contributed by atoms with Crippen molar-refractivity contribution in [3.8, 4) is 0 Å². The van der Waals surface area contributed by atoms with Crippen molar-refractivity contribution in [1.29, 1.82) is 0 Å². The average Bonchev–Trinajstić information content (AvgIpc) is 2.93. The van der Waals surface area contributed by atoms with E-state index in [1.807, 2.05) is 30.0 Å². The van der Waals surface area contributed by atoms with Crippen molar-refractivity contribution in [2.24, 2.45) is 0 Å². The van der Waals surface area contributed by atoms with Crippen molar-refractivity contribution >= 4 is 17.7 Å². The highest BCUT2D eigenvalue weighted by Gasteiger charge is 2.28. The van der Waals surface area contributed by atoms with Gasteiger partial charge in [0, 0.05) is 18.8 Å². The van der Waals surface area contributed by atoms with Crippen LogP contribution in [0, 0.1) is 0 Å². The maximum absolute atomic E-state index is 12.8. The highest BCUT2D eigenvalue weighted by atomic mass is 32.2. The molecule has 3 rings (SSSR count). The predicted octanol–water partition coefficient (Wildman–Crippen LogP) is 2.66. The van der Waals surface area contributed by atoms with Gasteiger partial charge >= 0.3 is 0 Å². The Morgan fingerprint density at radius 1 is 1.09 bits per heavy atom. The first kappa shape index (κ1) is 15.9. The summed E-state index contributed by atoms with van der Waals surface area (Å²) in [5.41, 5.74) is 1.13. The Hall–Kier alpha value is -1.00. The summed E-state index contributed by atoms with van der Waals surface area (Å²) in [6.45, 7) is 4.41. The number of likely N-dealkylation sites (tertiary alicyclic amines) is 1. The smallest absolute Gasteiger partial charge is 0.227 e. The molecule has 0 spiro atoms. The summed E-state index contributed by atoms with van der Waals surface area (Å²) in [5, 5.41) is 0. The number of thioether (sulfide) groups is 1. The number of nitrogens with zero attached hydrogens (tertiary/aromatic N) is 2. The summed E-state index contributed by atoms with van der Waals surface area (Å²) < 4.78 is 0. The second-order valence-electron chi connectivity index (χ2n) is 6.34. The van der Waals surface area contributed by atoms with Gasteiger partial charge in [-0.2, -0.15) is 11.8 Å². The van der Waals surface area contributed by atoms with Gasteiger partial charge in [-0.3, -0.25) is 4.79 Å². The van der Waals surface area contributed by atoms with Gasteiger partial charge in [-0.1, -0.05) is 30.3 Å². The molecule has 0 aliphatic carbocycles. The fraction of sp³-hybridized carbons (Fsp3) is 0.611. The molecule has 22 heavy (non-hydrogen) atoms. The number of rotatable bonds is 4. The lowest BCUT2D eigenvalue weighted by Gasteiger charge is -2.33. The number of carbonyl (C=O) groups excluding carboxylic acids is 1. The molecule has 120 valence electrons. The predicted molar refractivity (Wildman–Crippen MR) is 93.3 cm³/mol. The van der Waals surface area contributed by atoms with Gasteiger partial charge in [0.2, 0.25) is 5.91 Å². The SMILES string of the molecule is O=C(Cc1ccccc1)N1CCCSCC1CN1CCCC1. The van der Waals surface area contributed by atoms with Crippen molar-refractivity contribution in [2.45, 2.75) is 31.7 Å². The number of benzene rings is 1. The molecular weight excluding hydrogens is 292 g/mol. The molecule has 2 saturated heterocycles. The van der Waals surface area contributed by atoms with Gasteiger partial charge < -0.3 is 9.80 Å². The Bertz CT molecular complexity index is 473. The van der Waals surface area contributed by atoms with E-state index in [0.717, 1.165) is 30.8 Å². The first-order valence-electron chi connectivity index (χ1n) is 8.46. The third kappa shape index (κ3) is 4.26. The second kappa shape index (κ2) is 8.02. The maximum Gasteiger partial charge on any atom is 0.227 e. The van der Waals surface area contributed by atoms with Crippen LogP contribution >= 0.6 is 11.8 Å². The molecule has 2 heterocycles. The first-order chi connectivity index (χ1) is 10.8. The third-order valence-corrected chi connectivity index (χ3v) is 5.82. The molecule has 3 nitrogen and oxygen atoms in total. The molecule has 2 aliphatic heterocycles. The van der Waals surface area contributed by atoms with Crippen LogP contribution < -0.4 is 0 Å². The van der Waals surface area contributed by atoms with Crippen LogP contribution in [-0.4, -0.2) is 59.4 Å².